The van der Waals surface area contributed by atoms with Crippen molar-refractivity contribution in [2.45, 2.75) is 13.8 Å². The van der Waals surface area contributed by atoms with E-state index in [1.165, 1.54) is 9.80 Å². The molecular weight excluding hydrogens is 276 g/mol. The van der Waals surface area contributed by atoms with E-state index in [1.54, 1.807) is 13.8 Å². The van der Waals surface area contributed by atoms with E-state index in [4.69, 9.17) is 14.9 Å². The number of nitrogens with zero attached hydrogens (tertiary/aromatic N) is 2. The number of carbonyl (C=O) groups is 2. The lowest BCUT2D eigenvalue weighted by molar-refractivity contribution is -0.132. The minimum Gasteiger partial charge on any atom is -0.378 e. The lowest BCUT2D eigenvalue weighted by atomic mass is 10.3. The summed E-state index contributed by atoms with van der Waals surface area (Å²) in [6.07, 6.45) is 0. The van der Waals surface area contributed by atoms with Gasteiger partial charge in [0.05, 0.1) is 13.2 Å². The average Bonchev–Trinajstić information content (AvgIpc) is 2.45. The topological polar surface area (TPSA) is 90.3 Å². The Morgan fingerprint density at radius 3 is 1.48 bits per heavy atom. The molecule has 0 saturated heterocycles. The Bertz CT molecular complexity index is 359. The molecule has 0 bridgehead atoms. The first-order valence-corrected chi connectivity index (χ1v) is 6.54. The van der Waals surface area contributed by atoms with Gasteiger partial charge in [-0.3, -0.25) is 9.59 Å². The fraction of sp³-hybridized carbons (Fsp3) is 0.571. The summed E-state index contributed by atoms with van der Waals surface area (Å²) >= 11 is 0. The molecule has 0 heterocycles. The Hall–Kier alpha value is -1.70. The van der Waals surface area contributed by atoms with Gasteiger partial charge in [0.15, 0.2) is 0 Å². The molecule has 0 fully saturated rings. The SMILES string of the molecule is C=C(C)C(=O)N(CO)CCOCCN(CO)C(=O)C(=C)C. The molecule has 7 heteroatoms. The van der Waals surface area contributed by atoms with Crippen LogP contribution in [0.25, 0.3) is 0 Å². The van der Waals surface area contributed by atoms with E-state index in [-0.39, 0.29) is 38.1 Å². The highest BCUT2D eigenvalue weighted by Gasteiger charge is 2.14. The van der Waals surface area contributed by atoms with Crippen molar-refractivity contribution in [2.75, 3.05) is 39.8 Å². The van der Waals surface area contributed by atoms with E-state index in [9.17, 15) is 9.59 Å². The van der Waals surface area contributed by atoms with Gasteiger partial charge in [0, 0.05) is 24.2 Å². The van der Waals surface area contributed by atoms with Gasteiger partial charge in [-0.25, -0.2) is 0 Å². The van der Waals surface area contributed by atoms with Crippen molar-refractivity contribution in [3.63, 3.8) is 0 Å². The van der Waals surface area contributed by atoms with Crippen molar-refractivity contribution in [2.24, 2.45) is 0 Å². The second kappa shape index (κ2) is 10.1. The molecule has 2 amide bonds. The molecule has 0 saturated carbocycles. The van der Waals surface area contributed by atoms with Crippen LogP contribution in [0.4, 0.5) is 0 Å². The van der Waals surface area contributed by atoms with E-state index in [0.29, 0.717) is 11.1 Å². The molecule has 0 aliphatic rings. The maximum Gasteiger partial charge on any atom is 0.250 e. The number of aliphatic hydroxyl groups excluding tert-OH is 2. The fourth-order valence-electron chi connectivity index (χ4n) is 1.46. The largest absolute Gasteiger partial charge is 0.378 e. The van der Waals surface area contributed by atoms with Crippen molar-refractivity contribution < 1.29 is 24.5 Å². The number of rotatable bonds is 10. The predicted molar refractivity (Wildman–Crippen MR) is 78.0 cm³/mol. The van der Waals surface area contributed by atoms with Gasteiger partial charge in [0.1, 0.15) is 13.5 Å². The lowest BCUT2D eigenvalue weighted by Crippen LogP contribution is -2.37. The maximum absolute atomic E-state index is 11.6. The van der Waals surface area contributed by atoms with Gasteiger partial charge in [-0.1, -0.05) is 13.2 Å². The standard InChI is InChI=1S/C14H24N2O5/c1-11(2)13(19)15(9-17)5-7-21-8-6-16(10-18)14(20)12(3)4/h17-18H,1,3,5-10H2,2,4H3. The predicted octanol–water partition coefficient (Wildman–Crippen LogP) is -0.288. The molecule has 0 aromatic carbocycles. The second-order valence-electron chi connectivity index (χ2n) is 4.59. The van der Waals surface area contributed by atoms with E-state index in [0.717, 1.165) is 0 Å². The van der Waals surface area contributed by atoms with E-state index >= 15 is 0 Å². The summed E-state index contributed by atoms with van der Waals surface area (Å²) in [7, 11) is 0. The van der Waals surface area contributed by atoms with Crippen LogP contribution in [0.2, 0.25) is 0 Å². The molecule has 120 valence electrons. The van der Waals surface area contributed by atoms with Crippen LogP contribution in [0.5, 0.6) is 0 Å². The van der Waals surface area contributed by atoms with Crippen LogP contribution in [-0.4, -0.2) is 71.6 Å². The quantitative estimate of drug-likeness (QED) is 0.329. The molecule has 0 atom stereocenters. The van der Waals surface area contributed by atoms with Crippen LogP contribution in [-0.2, 0) is 14.3 Å². The molecule has 7 nitrogen and oxygen atoms in total. The van der Waals surface area contributed by atoms with E-state index in [1.807, 2.05) is 0 Å². The average molecular weight is 300 g/mol. The monoisotopic (exact) mass is 300 g/mol. The van der Waals surface area contributed by atoms with Gasteiger partial charge in [0.25, 0.3) is 11.8 Å². The summed E-state index contributed by atoms with van der Waals surface area (Å²) in [5, 5.41) is 18.1. The van der Waals surface area contributed by atoms with Gasteiger partial charge >= 0.3 is 0 Å². The highest BCUT2D eigenvalue weighted by atomic mass is 16.5. The number of carbonyl (C=O) groups excluding carboxylic acids is 2. The Balaban J connectivity index is 4.04. The van der Waals surface area contributed by atoms with Gasteiger partial charge in [-0.15, -0.1) is 0 Å². The summed E-state index contributed by atoms with van der Waals surface area (Å²) in [5.41, 5.74) is 0.671. The zero-order valence-electron chi connectivity index (χ0n) is 12.7. The summed E-state index contributed by atoms with van der Waals surface area (Å²) in [5.74, 6) is -0.675. The molecule has 0 unspecified atom stereocenters. The molecule has 0 aliphatic heterocycles. The molecule has 0 aromatic heterocycles. The number of hydrogen-bond donors (Lipinski definition) is 2. The summed E-state index contributed by atoms with van der Waals surface area (Å²) < 4.78 is 5.29. The van der Waals surface area contributed by atoms with Crippen molar-refractivity contribution in [1.29, 1.82) is 0 Å². The summed E-state index contributed by atoms with van der Waals surface area (Å²) in [6.45, 7) is 10.2. The smallest absolute Gasteiger partial charge is 0.250 e. The van der Waals surface area contributed by atoms with Crippen molar-refractivity contribution in [3.05, 3.63) is 24.3 Å². The molecule has 2 N–H and O–H groups in total. The molecule has 0 spiro atoms. The van der Waals surface area contributed by atoms with Crippen molar-refractivity contribution in [1.82, 2.24) is 9.80 Å². The Labute approximate surface area is 125 Å². The maximum atomic E-state index is 11.6. The third-order valence-electron chi connectivity index (χ3n) is 2.66. The molecule has 0 radical (unpaired) electrons. The number of ether oxygens (including phenoxy) is 1. The van der Waals surface area contributed by atoms with Crippen LogP contribution in [0.15, 0.2) is 24.3 Å². The van der Waals surface area contributed by atoms with Gasteiger partial charge < -0.3 is 24.7 Å². The van der Waals surface area contributed by atoms with Crippen LogP contribution >= 0.6 is 0 Å². The highest BCUT2D eigenvalue weighted by molar-refractivity contribution is 5.92. The zero-order valence-corrected chi connectivity index (χ0v) is 12.7. The highest BCUT2D eigenvalue weighted by Crippen LogP contribution is 1.99. The van der Waals surface area contributed by atoms with Crippen molar-refractivity contribution >= 4 is 11.8 Å². The molecular formula is C14H24N2O5. The first kappa shape index (κ1) is 19.3. The minimum absolute atomic E-state index is 0.208. The Kier molecular flexibility index (Phi) is 9.27. The lowest BCUT2D eigenvalue weighted by Gasteiger charge is -2.22. The van der Waals surface area contributed by atoms with Gasteiger partial charge in [-0.2, -0.15) is 0 Å². The van der Waals surface area contributed by atoms with Gasteiger partial charge in [-0.05, 0) is 13.8 Å². The van der Waals surface area contributed by atoms with Crippen LogP contribution in [0, 0.1) is 0 Å². The minimum atomic E-state index is -0.411. The third kappa shape index (κ3) is 7.03. The van der Waals surface area contributed by atoms with Crippen LogP contribution < -0.4 is 0 Å². The molecule has 21 heavy (non-hydrogen) atoms. The van der Waals surface area contributed by atoms with E-state index in [2.05, 4.69) is 13.2 Å². The first-order valence-electron chi connectivity index (χ1n) is 6.54. The zero-order chi connectivity index (χ0) is 16.4. The third-order valence-corrected chi connectivity index (χ3v) is 2.66. The number of amides is 2. The van der Waals surface area contributed by atoms with Crippen molar-refractivity contribution in [3.8, 4) is 0 Å². The van der Waals surface area contributed by atoms with Gasteiger partial charge in [0.2, 0.25) is 0 Å². The first-order chi connectivity index (χ1) is 9.84. The Morgan fingerprint density at radius 2 is 1.24 bits per heavy atom. The second-order valence-corrected chi connectivity index (χ2v) is 4.59. The number of aliphatic hydroxyl groups is 2. The Morgan fingerprint density at radius 1 is 0.905 bits per heavy atom. The van der Waals surface area contributed by atoms with Crippen LogP contribution in [0.3, 0.4) is 0 Å². The van der Waals surface area contributed by atoms with E-state index < -0.39 is 13.5 Å². The molecule has 0 aromatic rings. The van der Waals surface area contributed by atoms with Crippen LogP contribution in [0.1, 0.15) is 13.8 Å². The molecule has 0 aliphatic carbocycles. The molecule has 0 rings (SSSR count). The summed E-state index contributed by atoms with van der Waals surface area (Å²) in [6, 6.07) is 0. The normalized spacial score (nSPS) is 10.1. The summed E-state index contributed by atoms with van der Waals surface area (Å²) in [4.78, 5) is 25.5. The number of hydrogen-bond acceptors (Lipinski definition) is 5. The fourth-order valence-corrected chi connectivity index (χ4v) is 1.46.